The van der Waals surface area contributed by atoms with Gasteiger partial charge in [-0.15, -0.1) is 0 Å². The van der Waals surface area contributed by atoms with Crippen LogP contribution in [0.3, 0.4) is 0 Å². The minimum atomic E-state index is 0.793. The molecule has 0 aliphatic carbocycles. The maximum atomic E-state index is 4.56. The zero-order chi connectivity index (χ0) is 15.4. The second-order valence-electron chi connectivity index (χ2n) is 5.08. The molecule has 2 aromatic heterocycles. The highest BCUT2D eigenvalue weighted by molar-refractivity contribution is 9.10. The SMILES string of the molecule is CCNc1ccnc(N2CCN(c3ccc(Br)cn3)CC2)n1. The van der Waals surface area contributed by atoms with Gasteiger partial charge in [0.25, 0.3) is 0 Å². The lowest BCUT2D eigenvalue weighted by Gasteiger charge is -2.35. The third-order valence-electron chi connectivity index (χ3n) is 3.60. The first-order chi connectivity index (χ1) is 10.8. The van der Waals surface area contributed by atoms with Crippen molar-refractivity contribution in [1.82, 2.24) is 15.0 Å². The van der Waals surface area contributed by atoms with Crippen LogP contribution in [0.2, 0.25) is 0 Å². The van der Waals surface area contributed by atoms with Crippen LogP contribution in [-0.2, 0) is 0 Å². The fourth-order valence-electron chi connectivity index (χ4n) is 2.47. The molecule has 1 aliphatic rings. The van der Waals surface area contributed by atoms with E-state index in [4.69, 9.17) is 0 Å². The largest absolute Gasteiger partial charge is 0.370 e. The second kappa shape index (κ2) is 6.91. The summed E-state index contributed by atoms with van der Waals surface area (Å²) in [5.41, 5.74) is 0. The quantitative estimate of drug-likeness (QED) is 0.900. The van der Waals surface area contributed by atoms with Crippen LogP contribution in [0.1, 0.15) is 6.92 Å². The van der Waals surface area contributed by atoms with Gasteiger partial charge in [-0.2, -0.15) is 4.98 Å². The van der Waals surface area contributed by atoms with Gasteiger partial charge in [0.1, 0.15) is 11.6 Å². The first-order valence-corrected chi connectivity index (χ1v) is 8.24. The normalized spacial score (nSPS) is 15.0. The molecule has 0 aromatic carbocycles. The van der Waals surface area contributed by atoms with E-state index >= 15 is 0 Å². The standard InChI is InChI=1S/C15H19BrN6/c1-2-17-13-5-6-18-15(20-13)22-9-7-21(8-10-22)14-4-3-12(16)11-19-14/h3-6,11H,2,7-10H2,1H3,(H,17,18,20). The maximum Gasteiger partial charge on any atom is 0.227 e. The van der Waals surface area contributed by atoms with Crippen LogP contribution in [0.15, 0.2) is 35.1 Å². The Hall–Kier alpha value is -1.89. The molecule has 0 saturated carbocycles. The summed E-state index contributed by atoms with van der Waals surface area (Å²) in [5, 5.41) is 3.22. The van der Waals surface area contributed by atoms with E-state index in [2.05, 4.69) is 52.9 Å². The van der Waals surface area contributed by atoms with Crippen molar-refractivity contribution in [2.75, 3.05) is 47.8 Å². The summed E-state index contributed by atoms with van der Waals surface area (Å²) in [5.74, 6) is 2.69. The van der Waals surface area contributed by atoms with Crippen LogP contribution in [0.5, 0.6) is 0 Å². The summed E-state index contributed by atoms with van der Waals surface area (Å²) in [6.45, 7) is 6.55. The molecule has 0 amide bonds. The predicted octanol–water partition coefficient (Wildman–Crippen LogP) is 2.39. The van der Waals surface area contributed by atoms with E-state index in [1.165, 1.54) is 0 Å². The van der Waals surface area contributed by atoms with Crippen molar-refractivity contribution < 1.29 is 0 Å². The molecule has 0 radical (unpaired) electrons. The number of aromatic nitrogens is 3. The molecular formula is C15H19BrN6. The highest BCUT2D eigenvalue weighted by atomic mass is 79.9. The molecule has 1 saturated heterocycles. The van der Waals surface area contributed by atoms with Gasteiger partial charge < -0.3 is 15.1 Å². The Morgan fingerprint density at radius 1 is 1.09 bits per heavy atom. The molecular weight excluding hydrogens is 344 g/mol. The third kappa shape index (κ3) is 3.47. The molecule has 3 heterocycles. The van der Waals surface area contributed by atoms with Crippen LogP contribution >= 0.6 is 15.9 Å². The van der Waals surface area contributed by atoms with Crippen molar-refractivity contribution in [2.45, 2.75) is 6.92 Å². The zero-order valence-corrected chi connectivity index (χ0v) is 14.1. The Labute approximate surface area is 138 Å². The molecule has 116 valence electrons. The number of hydrogen-bond donors (Lipinski definition) is 1. The molecule has 0 spiro atoms. The van der Waals surface area contributed by atoms with Gasteiger partial charge in [0, 0.05) is 49.6 Å². The highest BCUT2D eigenvalue weighted by Crippen LogP contribution is 2.18. The van der Waals surface area contributed by atoms with E-state index in [9.17, 15) is 0 Å². The van der Waals surface area contributed by atoms with Crippen LogP contribution in [0, 0.1) is 0 Å². The van der Waals surface area contributed by atoms with E-state index in [1.807, 2.05) is 30.6 Å². The van der Waals surface area contributed by atoms with E-state index < -0.39 is 0 Å². The number of halogens is 1. The Morgan fingerprint density at radius 3 is 2.55 bits per heavy atom. The number of rotatable bonds is 4. The number of nitrogens with zero attached hydrogens (tertiary/aromatic N) is 5. The molecule has 22 heavy (non-hydrogen) atoms. The molecule has 1 N–H and O–H groups in total. The highest BCUT2D eigenvalue weighted by Gasteiger charge is 2.20. The zero-order valence-electron chi connectivity index (χ0n) is 12.5. The Balaban J connectivity index is 1.64. The van der Waals surface area contributed by atoms with E-state index in [-0.39, 0.29) is 0 Å². The van der Waals surface area contributed by atoms with Gasteiger partial charge in [-0.1, -0.05) is 0 Å². The van der Waals surface area contributed by atoms with Crippen LogP contribution in [0.4, 0.5) is 17.6 Å². The van der Waals surface area contributed by atoms with Crippen molar-refractivity contribution in [3.05, 3.63) is 35.1 Å². The summed E-state index contributed by atoms with van der Waals surface area (Å²) in [6, 6.07) is 5.97. The smallest absolute Gasteiger partial charge is 0.227 e. The molecule has 2 aromatic rings. The monoisotopic (exact) mass is 362 g/mol. The Kier molecular flexibility index (Phi) is 4.72. The van der Waals surface area contributed by atoms with Gasteiger partial charge in [-0.3, -0.25) is 0 Å². The predicted molar refractivity (Wildman–Crippen MR) is 92.6 cm³/mol. The van der Waals surface area contributed by atoms with Gasteiger partial charge in [-0.25, -0.2) is 9.97 Å². The van der Waals surface area contributed by atoms with E-state index in [1.54, 1.807) is 0 Å². The summed E-state index contributed by atoms with van der Waals surface area (Å²) in [4.78, 5) is 17.9. The van der Waals surface area contributed by atoms with Crippen molar-refractivity contribution in [3.63, 3.8) is 0 Å². The van der Waals surface area contributed by atoms with Crippen LogP contribution < -0.4 is 15.1 Å². The lowest BCUT2D eigenvalue weighted by molar-refractivity contribution is 0.635. The van der Waals surface area contributed by atoms with E-state index in [0.717, 1.165) is 54.8 Å². The molecule has 6 nitrogen and oxygen atoms in total. The van der Waals surface area contributed by atoms with Gasteiger partial charge in [0.05, 0.1) is 0 Å². The Morgan fingerprint density at radius 2 is 1.86 bits per heavy atom. The minimum Gasteiger partial charge on any atom is -0.370 e. The van der Waals surface area contributed by atoms with Crippen molar-refractivity contribution in [3.8, 4) is 0 Å². The number of nitrogens with one attached hydrogen (secondary N) is 1. The number of pyridine rings is 1. The molecule has 7 heteroatoms. The minimum absolute atomic E-state index is 0.793. The van der Waals surface area contributed by atoms with Gasteiger partial charge in [-0.05, 0) is 41.1 Å². The second-order valence-corrected chi connectivity index (χ2v) is 6.00. The van der Waals surface area contributed by atoms with Crippen LogP contribution in [-0.4, -0.2) is 47.7 Å². The summed E-state index contributed by atoms with van der Waals surface area (Å²) in [7, 11) is 0. The number of piperazine rings is 1. The van der Waals surface area contributed by atoms with Gasteiger partial charge in [0.15, 0.2) is 0 Å². The number of hydrogen-bond acceptors (Lipinski definition) is 6. The average Bonchev–Trinajstić information content (AvgIpc) is 2.56. The first-order valence-electron chi connectivity index (χ1n) is 7.44. The molecule has 3 rings (SSSR count). The number of anilines is 3. The molecule has 0 unspecified atom stereocenters. The lowest BCUT2D eigenvalue weighted by atomic mass is 10.3. The molecule has 0 atom stereocenters. The maximum absolute atomic E-state index is 4.56. The average molecular weight is 363 g/mol. The Bertz CT molecular complexity index is 610. The van der Waals surface area contributed by atoms with E-state index in [0.29, 0.717) is 0 Å². The lowest BCUT2D eigenvalue weighted by Crippen LogP contribution is -2.47. The third-order valence-corrected chi connectivity index (χ3v) is 4.07. The van der Waals surface area contributed by atoms with Crippen molar-refractivity contribution in [2.24, 2.45) is 0 Å². The topological polar surface area (TPSA) is 57.2 Å². The van der Waals surface area contributed by atoms with Crippen molar-refractivity contribution in [1.29, 1.82) is 0 Å². The van der Waals surface area contributed by atoms with Crippen LogP contribution in [0.25, 0.3) is 0 Å². The molecule has 0 bridgehead atoms. The van der Waals surface area contributed by atoms with Gasteiger partial charge in [0.2, 0.25) is 5.95 Å². The fraction of sp³-hybridized carbons (Fsp3) is 0.400. The van der Waals surface area contributed by atoms with Crippen molar-refractivity contribution >= 4 is 33.5 Å². The summed E-state index contributed by atoms with van der Waals surface area (Å²) < 4.78 is 1.00. The molecule has 1 aliphatic heterocycles. The molecule has 1 fully saturated rings. The summed E-state index contributed by atoms with van der Waals surface area (Å²) >= 11 is 3.42. The fourth-order valence-corrected chi connectivity index (χ4v) is 2.71. The summed E-state index contributed by atoms with van der Waals surface area (Å²) in [6.07, 6.45) is 3.65. The van der Waals surface area contributed by atoms with Gasteiger partial charge >= 0.3 is 0 Å². The first kappa shape index (κ1) is 15.0.